The third-order valence-corrected chi connectivity index (χ3v) is 8.78. The average molecular weight is 579 g/mol. The SMILES string of the molecule is CC1(C)OB(CCC[C@H]2CN(C(=O)CNC(=O)OCc3ccccc3)C[C@@]2(C)C(=O)OCc2ccccc2)OC1(C)C. The van der Waals surface area contributed by atoms with E-state index in [1.165, 1.54) is 0 Å². The maximum atomic E-state index is 13.5. The molecule has 0 spiro atoms. The maximum Gasteiger partial charge on any atom is 0.457 e. The van der Waals surface area contributed by atoms with Gasteiger partial charge in [-0.1, -0.05) is 67.1 Å². The van der Waals surface area contributed by atoms with E-state index < -0.39 is 22.7 Å². The summed E-state index contributed by atoms with van der Waals surface area (Å²) in [7, 11) is -0.323. The molecule has 0 saturated carbocycles. The van der Waals surface area contributed by atoms with Crippen molar-refractivity contribution >= 4 is 25.1 Å². The average Bonchev–Trinajstić information content (AvgIpc) is 3.41. The molecule has 4 rings (SSSR count). The van der Waals surface area contributed by atoms with E-state index in [9.17, 15) is 14.4 Å². The molecule has 226 valence electrons. The Morgan fingerprint density at radius 1 is 0.881 bits per heavy atom. The van der Waals surface area contributed by atoms with Crippen molar-refractivity contribution in [1.29, 1.82) is 0 Å². The van der Waals surface area contributed by atoms with Crippen LogP contribution in [-0.2, 0) is 41.6 Å². The number of rotatable bonds is 11. The number of likely N-dealkylation sites (tertiary alicyclic amines) is 1. The minimum atomic E-state index is -0.895. The number of benzene rings is 2. The summed E-state index contributed by atoms with van der Waals surface area (Å²) in [4.78, 5) is 40.5. The van der Waals surface area contributed by atoms with Crippen molar-refractivity contribution in [2.75, 3.05) is 19.6 Å². The first kappa shape index (κ1) is 31.6. The van der Waals surface area contributed by atoms with Gasteiger partial charge in [-0.15, -0.1) is 0 Å². The summed E-state index contributed by atoms with van der Waals surface area (Å²) in [6, 6.07) is 18.8. The highest BCUT2D eigenvalue weighted by Gasteiger charge is 2.52. The number of hydrogen-bond acceptors (Lipinski definition) is 7. The fraction of sp³-hybridized carbons (Fsp3) is 0.531. The molecule has 1 N–H and O–H groups in total. The first-order chi connectivity index (χ1) is 19.9. The number of carbonyl (C=O) groups is 3. The molecule has 2 saturated heterocycles. The van der Waals surface area contributed by atoms with Gasteiger partial charge in [-0.25, -0.2) is 4.79 Å². The molecule has 2 fully saturated rings. The van der Waals surface area contributed by atoms with E-state index in [4.69, 9.17) is 18.8 Å². The van der Waals surface area contributed by atoms with Crippen LogP contribution in [0.1, 0.15) is 58.6 Å². The van der Waals surface area contributed by atoms with E-state index in [2.05, 4.69) is 5.32 Å². The third-order valence-electron chi connectivity index (χ3n) is 8.78. The number of alkyl carbamates (subject to hydrolysis) is 1. The van der Waals surface area contributed by atoms with Crippen molar-refractivity contribution in [1.82, 2.24) is 10.2 Å². The van der Waals surface area contributed by atoms with Gasteiger partial charge in [0, 0.05) is 13.1 Å². The van der Waals surface area contributed by atoms with Gasteiger partial charge in [-0.2, -0.15) is 0 Å². The highest BCUT2D eigenvalue weighted by Crippen LogP contribution is 2.42. The van der Waals surface area contributed by atoms with Gasteiger partial charge in [0.05, 0.1) is 16.6 Å². The number of hydrogen-bond donors (Lipinski definition) is 1. The fourth-order valence-corrected chi connectivity index (χ4v) is 5.42. The monoisotopic (exact) mass is 578 g/mol. The number of nitrogens with zero attached hydrogens (tertiary/aromatic N) is 1. The van der Waals surface area contributed by atoms with Gasteiger partial charge in [-0.3, -0.25) is 9.59 Å². The molecular weight excluding hydrogens is 535 g/mol. The Hall–Kier alpha value is -3.37. The Bertz CT molecular complexity index is 1210. The van der Waals surface area contributed by atoms with Crippen LogP contribution >= 0.6 is 0 Å². The summed E-state index contributed by atoms with van der Waals surface area (Å²) in [5.41, 5.74) is 0.0507. The van der Waals surface area contributed by atoms with Gasteiger partial charge in [0.2, 0.25) is 5.91 Å². The fourth-order valence-electron chi connectivity index (χ4n) is 5.42. The predicted molar refractivity (Wildman–Crippen MR) is 159 cm³/mol. The molecule has 0 aliphatic carbocycles. The lowest BCUT2D eigenvalue weighted by Crippen LogP contribution is -2.41. The van der Waals surface area contributed by atoms with Crippen LogP contribution in [0.5, 0.6) is 0 Å². The highest BCUT2D eigenvalue weighted by molar-refractivity contribution is 6.45. The summed E-state index contributed by atoms with van der Waals surface area (Å²) in [6.45, 7) is 10.6. The molecule has 0 radical (unpaired) electrons. The number of carbonyl (C=O) groups excluding carboxylic acids is 3. The standard InChI is InChI=1S/C32H43BN2O7/c1-30(2)31(3,4)42-33(41-30)18-12-17-26-20-35(23-32(26,5)28(37)39-21-24-13-8-6-9-14-24)27(36)19-34-29(38)40-22-25-15-10-7-11-16-25/h6-11,13-16,26H,12,17-23H2,1-5H3,(H,34,38)/t26-,32+/m0/s1. The molecule has 2 aromatic rings. The zero-order chi connectivity index (χ0) is 30.4. The Morgan fingerprint density at radius 3 is 2.00 bits per heavy atom. The second-order valence-electron chi connectivity index (χ2n) is 12.5. The molecule has 2 aromatic carbocycles. The van der Waals surface area contributed by atoms with E-state index >= 15 is 0 Å². The second-order valence-corrected chi connectivity index (χ2v) is 12.5. The molecule has 9 nitrogen and oxygen atoms in total. The molecule has 42 heavy (non-hydrogen) atoms. The summed E-state index contributed by atoms with van der Waals surface area (Å²) in [6.07, 6.45) is 1.46. The van der Waals surface area contributed by atoms with Gasteiger partial charge in [0.25, 0.3) is 0 Å². The van der Waals surface area contributed by atoms with Crippen LogP contribution in [0.3, 0.4) is 0 Å². The lowest BCUT2D eigenvalue weighted by Gasteiger charge is -2.32. The summed E-state index contributed by atoms with van der Waals surface area (Å²) < 4.78 is 23.3. The van der Waals surface area contributed by atoms with Crippen molar-refractivity contribution in [2.24, 2.45) is 11.3 Å². The first-order valence-corrected chi connectivity index (χ1v) is 14.7. The Labute approximate surface area is 249 Å². The van der Waals surface area contributed by atoms with E-state index in [0.717, 1.165) is 17.5 Å². The zero-order valence-electron chi connectivity index (χ0n) is 25.4. The van der Waals surface area contributed by atoms with Crippen molar-refractivity contribution in [3.63, 3.8) is 0 Å². The van der Waals surface area contributed by atoms with Gasteiger partial charge >= 0.3 is 19.2 Å². The molecule has 0 bridgehead atoms. The second kappa shape index (κ2) is 13.3. The smallest absolute Gasteiger partial charge is 0.457 e. The quantitative estimate of drug-likeness (QED) is 0.296. The lowest BCUT2D eigenvalue weighted by atomic mass is 9.74. The topological polar surface area (TPSA) is 103 Å². The Balaban J connectivity index is 1.34. The van der Waals surface area contributed by atoms with E-state index in [1.54, 1.807) is 4.90 Å². The van der Waals surface area contributed by atoms with Crippen molar-refractivity contribution < 1.29 is 33.2 Å². The van der Waals surface area contributed by atoms with Crippen LogP contribution in [0.15, 0.2) is 60.7 Å². The summed E-state index contributed by atoms with van der Waals surface area (Å²) in [5.74, 6) is -0.739. The van der Waals surface area contributed by atoms with Crippen LogP contribution in [-0.4, -0.2) is 60.8 Å². The third kappa shape index (κ3) is 7.72. The summed E-state index contributed by atoms with van der Waals surface area (Å²) >= 11 is 0. The molecule has 2 aliphatic rings. The Morgan fingerprint density at radius 2 is 1.43 bits per heavy atom. The minimum Gasteiger partial charge on any atom is -0.460 e. The van der Waals surface area contributed by atoms with E-state index in [1.807, 2.05) is 95.3 Å². The largest absolute Gasteiger partial charge is 0.460 e. The lowest BCUT2D eigenvalue weighted by molar-refractivity contribution is -0.158. The Kier molecular flexibility index (Phi) is 9.99. The highest BCUT2D eigenvalue weighted by atomic mass is 16.7. The molecule has 2 atom stereocenters. The minimum absolute atomic E-state index is 0.112. The number of amides is 2. The van der Waals surface area contributed by atoms with Crippen molar-refractivity contribution in [3.05, 3.63) is 71.8 Å². The predicted octanol–water partition coefficient (Wildman–Crippen LogP) is 4.99. The van der Waals surface area contributed by atoms with Crippen LogP contribution < -0.4 is 5.32 Å². The molecular formula is C32H43BN2O7. The van der Waals surface area contributed by atoms with Crippen LogP contribution in [0.4, 0.5) is 4.79 Å². The van der Waals surface area contributed by atoms with Crippen LogP contribution in [0.25, 0.3) is 0 Å². The maximum absolute atomic E-state index is 13.5. The van der Waals surface area contributed by atoms with E-state index in [-0.39, 0.29) is 51.2 Å². The molecule has 2 heterocycles. The summed E-state index contributed by atoms with van der Waals surface area (Å²) in [5, 5.41) is 2.54. The number of nitrogens with one attached hydrogen (secondary N) is 1. The number of esters is 1. The first-order valence-electron chi connectivity index (χ1n) is 14.7. The zero-order valence-corrected chi connectivity index (χ0v) is 25.4. The van der Waals surface area contributed by atoms with Crippen molar-refractivity contribution in [2.45, 2.75) is 78.2 Å². The van der Waals surface area contributed by atoms with Crippen molar-refractivity contribution in [3.8, 4) is 0 Å². The van der Waals surface area contributed by atoms with Gasteiger partial charge in [0.15, 0.2) is 0 Å². The molecule has 0 aromatic heterocycles. The van der Waals surface area contributed by atoms with E-state index in [0.29, 0.717) is 19.3 Å². The normalized spacial score (nSPS) is 22.5. The molecule has 10 heteroatoms. The molecule has 2 aliphatic heterocycles. The van der Waals surface area contributed by atoms with Crippen LogP contribution in [0.2, 0.25) is 6.32 Å². The van der Waals surface area contributed by atoms with Gasteiger partial charge in [-0.05, 0) is 64.4 Å². The molecule has 0 unspecified atom stereocenters. The van der Waals surface area contributed by atoms with Gasteiger partial charge < -0.3 is 29.0 Å². The number of ether oxygens (including phenoxy) is 2. The van der Waals surface area contributed by atoms with Crippen LogP contribution in [0, 0.1) is 11.3 Å². The van der Waals surface area contributed by atoms with Gasteiger partial charge in [0.1, 0.15) is 19.8 Å². The molecule has 2 amide bonds.